The van der Waals surface area contributed by atoms with Crippen LogP contribution in [0.1, 0.15) is 10.4 Å². The first kappa shape index (κ1) is 16.3. The van der Waals surface area contributed by atoms with Gasteiger partial charge in [-0.05, 0) is 36.4 Å². The molecule has 0 aromatic heterocycles. The molecule has 0 fully saturated rings. The highest BCUT2D eigenvalue weighted by atomic mass is 19.1. The number of amides is 1. The van der Waals surface area contributed by atoms with E-state index >= 15 is 0 Å². The Kier molecular flexibility index (Phi) is 3.69. The minimum absolute atomic E-state index is 0.276. The van der Waals surface area contributed by atoms with Crippen LogP contribution in [0.15, 0.2) is 83.0 Å². The fourth-order valence-corrected chi connectivity index (χ4v) is 3.29. The van der Waals surface area contributed by atoms with Crippen molar-refractivity contribution in [1.29, 1.82) is 0 Å². The van der Waals surface area contributed by atoms with Gasteiger partial charge in [0.15, 0.2) is 0 Å². The molecule has 0 saturated heterocycles. The first-order valence-corrected chi connectivity index (χ1v) is 8.71. The zero-order valence-electron chi connectivity index (χ0n) is 14.6. The predicted molar refractivity (Wildman–Crippen MR) is 105 cm³/mol. The summed E-state index contributed by atoms with van der Waals surface area (Å²) in [4.78, 5) is 20.5. The first-order valence-electron chi connectivity index (χ1n) is 8.71. The van der Waals surface area contributed by atoms with Crippen LogP contribution in [-0.4, -0.2) is 15.9 Å². The molecule has 1 amide bonds. The Morgan fingerprint density at radius 1 is 0.893 bits per heavy atom. The van der Waals surface area contributed by atoms with Gasteiger partial charge in [0.25, 0.3) is 5.91 Å². The second kappa shape index (κ2) is 6.35. The number of nitrogens with one attached hydrogen (secondary N) is 1. The maximum Gasteiger partial charge on any atom is 0.295 e. The van der Waals surface area contributed by atoms with Crippen molar-refractivity contribution >= 4 is 33.4 Å². The molecule has 28 heavy (non-hydrogen) atoms. The highest BCUT2D eigenvalue weighted by Crippen LogP contribution is 2.43. The average molecular weight is 368 g/mol. The Bertz CT molecular complexity index is 1340. The normalized spacial score (nSPS) is 11.8. The number of nitrogens with zero attached hydrogens (tertiary/aromatic N) is 3. The van der Waals surface area contributed by atoms with E-state index in [1.807, 2.05) is 48.5 Å². The van der Waals surface area contributed by atoms with Crippen molar-refractivity contribution in [2.24, 2.45) is 10.2 Å². The number of rotatable bonds is 2. The van der Waals surface area contributed by atoms with Crippen molar-refractivity contribution < 1.29 is 9.18 Å². The Morgan fingerprint density at radius 3 is 2.43 bits per heavy atom. The van der Waals surface area contributed by atoms with Crippen LogP contribution in [-0.2, 0) is 0 Å². The molecule has 0 atom stereocenters. The second-order valence-corrected chi connectivity index (χ2v) is 6.38. The Labute approximate surface area is 158 Å². The highest BCUT2D eigenvalue weighted by molar-refractivity contribution is 6.11. The van der Waals surface area contributed by atoms with Crippen LogP contribution < -0.4 is 0 Å². The number of azo groups is 1. The van der Waals surface area contributed by atoms with Crippen LogP contribution in [0.25, 0.3) is 33.2 Å². The van der Waals surface area contributed by atoms with Crippen LogP contribution in [0.5, 0.6) is 0 Å². The molecule has 0 saturated carbocycles. The average Bonchev–Trinajstić information content (AvgIpc) is 3.03. The molecule has 1 aliphatic heterocycles. The Hall–Kier alpha value is -3.93. The molecule has 6 heteroatoms. The largest absolute Gasteiger partial charge is 0.350 e. The standard InChI is InChI=1S/C22H13FN4O/c23-14-11-9-13(10-12-14)22(28)27-26-20-16-6-2-1-5-15(16)19-21(20)25-18-8-4-3-7-17(18)24-19/h1-12,25H. The number of carbonyl (C=O) groups is 1. The lowest BCUT2D eigenvalue weighted by Crippen LogP contribution is -1.93. The topological polar surface area (TPSA) is 70.5 Å². The lowest BCUT2D eigenvalue weighted by molar-refractivity contribution is 0.0995. The van der Waals surface area contributed by atoms with Crippen molar-refractivity contribution in [3.8, 4) is 11.4 Å². The molecule has 3 aromatic carbocycles. The summed E-state index contributed by atoms with van der Waals surface area (Å²) in [5.41, 5.74) is 4.04. The molecular weight excluding hydrogens is 355 g/mol. The summed E-state index contributed by atoms with van der Waals surface area (Å²) in [6.07, 6.45) is 0. The fraction of sp³-hybridized carbons (Fsp3) is 0. The number of hydrogen-bond acceptors (Lipinski definition) is 3. The minimum Gasteiger partial charge on any atom is -0.350 e. The summed E-state index contributed by atoms with van der Waals surface area (Å²) in [6.45, 7) is 0. The van der Waals surface area contributed by atoms with Crippen molar-refractivity contribution in [2.45, 2.75) is 0 Å². The monoisotopic (exact) mass is 368 g/mol. The summed E-state index contributed by atoms with van der Waals surface area (Å²) in [5, 5.41) is 9.89. The Morgan fingerprint density at radius 2 is 1.61 bits per heavy atom. The van der Waals surface area contributed by atoms with E-state index in [9.17, 15) is 9.18 Å². The van der Waals surface area contributed by atoms with Crippen molar-refractivity contribution in [2.75, 3.05) is 0 Å². The SMILES string of the molecule is O=C(N=Nc1c2[nH]c3ccccc3nc-2c2ccccc12)c1ccc(F)cc1. The molecule has 1 N–H and O–H groups in total. The van der Waals surface area contributed by atoms with Gasteiger partial charge in [-0.25, -0.2) is 9.37 Å². The van der Waals surface area contributed by atoms with E-state index in [2.05, 4.69) is 15.2 Å². The van der Waals surface area contributed by atoms with Gasteiger partial charge in [0.05, 0.1) is 22.4 Å². The lowest BCUT2D eigenvalue weighted by atomic mass is 10.2. The number of aromatic nitrogens is 2. The number of para-hydroxylation sites is 2. The summed E-state index contributed by atoms with van der Waals surface area (Å²) < 4.78 is 13.1. The molecule has 5 rings (SSSR count). The van der Waals surface area contributed by atoms with E-state index in [0.717, 1.165) is 33.2 Å². The quantitative estimate of drug-likeness (QED) is 0.395. The number of benzene rings is 3. The van der Waals surface area contributed by atoms with Gasteiger partial charge in [-0.15, -0.1) is 10.2 Å². The van der Waals surface area contributed by atoms with Gasteiger partial charge in [0, 0.05) is 16.3 Å². The van der Waals surface area contributed by atoms with E-state index in [4.69, 9.17) is 4.98 Å². The van der Waals surface area contributed by atoms with Crippen LogP contribution in [0.4, 0.5) is 10.1 Å². The zero-order chi connectivity index (χ0) is 19.1. The summed E-state index contributed by atoms with van der Waals surface area (Å²) in [6, 6.07) is 20.7. The number of aromatic amines is 1. The maximum absolute atomic E-state index is 13.1. The first-order chi connectivity index (χ1) is 13.7. The fourth-order valence-electron chi connectivity index (χ4n) is 3.29. The predicted octanol–water partition coefficient (Wildman–Crippen LogP) is 5.88. The number of H-pyrrole nitrogens is 1. The van der Waals surface area contributed by atoms with Crippen molar-refractivity contribution in [3.63, 3.8) is 0 Å². The van der Waals surface area contributed by atoms with E-state index in [0.29, 0.717) is 5.69 Å². The molecule has 0 radical (unpaired) electrons. The van der Waals surface area contributed by atoms with Gasteiger partial charge in [-0.2, -0.15) is 0 Å². The smallest absolute Gasteiger partial charge is 0.295 e. The molecule has 134 valence electrons. The number of fused-ring (bicyclic) bond motifs is 4. The summed E-state index contributed by atoms with van der Waals surface area (Å²) in [5.74, 6) is -0.943. The van der Waals surface area contributed by atoms with Gasteiger partial charge in [-0.3, -0.25) is 4.79 Å². The third kappa shape index (κ3) is 2.63. The minimum atomic E-state index is -0.535. The molecule has 2 aliphatic rings. The van der Waals surface area contributed by atoms with Crippen molar-refractivity contribution in [3.05, 3.63) is 84.2 Å². The maximum atomic E-state index is 13.1. The molecule has 5 nitrogen and oxygen atoms in total. The van der Waals surface area contributed by atoms with E-state index in [1.165, 1.54) is 24.3 Å². The number of halogens is 1. The molecule has 1 heterocycles. The van der Waals surface area contributed by atoms with Crippen LogP contribution >= 0.6 is 0 Å². The summed E-state index contributed by atoms with van der Waals surface area (Å²) >= 11 is 0. The molecular formula is C22H13FN4O. The van der Waals surface area contributed by atoms with Gasteiger partial charge in [0.1, 0.15) is 11.5 Å². The number of carbonyl (C=O) groups excluding carboxylic acids is 1. The van der Waals surface area contributed by atoms with Crippen LogP contribution in [0.2, 0.25) is 0 Å². The molecule has 0 bridgehead atoms. The summed E-state index contributed by atoms with van der Waals surface area (Å²) in [7, 11) is 0. The zero-order valence-corrected chi connectivity index (χ0v) is 14.6. The third-order valence-corrected chi connectivity index (χ3v) is 4.64. The van der Waals surface area contributed by atoms with Gasteiger partial charge < -0.3 is 4.98 Å². The van der Waals surface area contributed by atoms with Gasteiger partial charge in [0.2, 0.25) is 0 Å². The van der Waals surface area contributed by atoms with Gasteiger partial charge in [-0.1, -0.05) is 36.4 Å². The van der Waals surface area contributed by atoms with Crippen LogP contribution in [0, 0.1) is 5.82 Å². The molecule has 0 spiro atoms. The van der Waals surface area contributed by atoms with E-state index in [1.54, 1.807) is 0 Å². The third-order valence-electron chi connectivity index (χ3n) is 4.64. The van der Waals surface area contributed by atoms with Crippen LogP contribution in [0.3, 0.4) is 0 Å². The van der Waals surface area contributed by atoms with E-state index in [-0.39, 0.29) is 5.56 Å². The second-order valence-electron chi connectivity index (χ2n) is 6.38. The number of hydrogen-bond donors (Lipinski definition) is 1. The van der Waals surface area contributed by atoms with Crippen molar-refractivity contribution in [1.82, 2.24) is 9.97 Å². The highest BCUT2D eigenvalue weighted by Gasteiger charge is 2.20. The van der Waals surface area contributed by atoms with Gasteiger partial charge >= 0.3 is 0 Å². The molecule has 1 aliphatic carbocycles. The lowest BCUT2D eigenvalue weighted by Gasteiger charge is -2.04. The molecule has 0 unspecified atom stereocenters. The van der Waals surface area contributed by atoms with E-state index < -0.39 is 11.7 Å². The Balaban J connectivity index is 1.68. The molecule has 3 aromatic rings.